The molecule has 2 saturated heterocycles. The molecule has 1 aromatic rings. The van der Waals surface area contributed by atoms with Crippen molar-refractivity contribution in [1.82, 2.24) is 9.80 Å². The number of ether oxygens (including phenoxy) is 3. The Labute approximate surface area is 156 Å². The Bertz CT molecular complexity index is 726. The first-order valence-electron chi connectivity index (χ1n) is 9.19. The molecule has 0 aromatic heterocycles. The number of fused-ring (bicyclic) bond motifs is 1. The molecule has 0 saturated carbocycles. The Balaban J connectivity index is 1.31. The number of morpholine rings is 1. The van der Waals surface area contributed by atoms with Gasteiger partial charge in [0.25, 0.3) is 0 Å². The minimum Gasteiger partial charge on any atom is -0.395 e. The lowest BCUT2D eigenvalue weighted by atomic mass is 10.0. The summed E-state index contributed by atoms with van der Waals surface area (Å²) in [4.78, 5) is 16.7. The van der Waals surface area contributed by atoms with Gasteiger partial charge in [-0.15, -0.1) is 8.78 Å². The molecular formula is C19H22F2N2O4. The van der Waals surface area contributed by atoms with Crippen molar-refractivity contribution in [2.75, 3.05) is 39.4 Å². The van der Waals surface area contributed by atoms with Crippen molar-refractivity contribution >= 4 is 12.0 Å². The van der Waals surface area contributed by atoms with Crippen molar-refractivity contribution in [2.24, 2.45) is 0 Å². The van der Waals surface area contributed by atoms with E-state index in [1.54, 1.807) is 12.1 Å². The van der Waals surface area contributed by atoms with E-state index in [9.17, 15) is 13.6 Å². The van der Waals surface area contributed by atoms with E-state index >= 15 is 0 Å². The molecule has 0 spiro atoms. The predicted molar refractivity (Wildman–Crippen MR) is 93.7 cm³/mol. The number of amides is 1. The average molecular weight is 380 g/mol. The number of carbonyl (C=O) groups is 1. The zero-order chi connectivity index (χ0) is 18.9. The molecule has 0 aliphatic carbocycles. The Morgan fingerprint density at radius 1 is 1.07 bits per heavy atom. The monoisotopic (exact) mass is 380 g/mol. The van der Waals surface area contributed by atoms with Crippen LogP contribution < -0.4 is 9.47 Å². The SMILES string of the molecule is O=C(/C=C/c1ccc2c(c1)OC(F)(F)O2)N1CCC(N2CCOCC2)CC1. The topological polar surface area (TPSA) is 51.2 Å². The lowest BCUT2D eigenvalue weighted by Gasteiger charge is -2.39. The van der Waals surface area contributed by atoms with Gasteiger partial charge in [-0.1, -0.05) is 6.07 Å². The number of alkyl halides is 2. The summed E-state index contributed by atoms with van der Waals surface area (Å²) in [6.45, 7) is 4.92. The Morgan fingerprint density at radius 2 is 1.78 bits per heavy atom. The Kier molecular flexibility index (Phi) is 5.01. The Hall–Kier alpha value is -2.19. The van der Waals surface area contributed by atoms with Gasteiger partial charge in [0.1, 0.15) is 0 Å². The molecule has 146 valence electrons. The standard InChI is InChI=1S/C19H22F2N2O4/c20-19(21)26-16-3-1-14(13-17(16)27-19)2-4-18(24)23-7-5-15(6-8-23)22-9-11-25-12-10-22/h1-4,13,15H,5-12H2/b4-2+. The second-order valence-electron chi connectivity index (χ2n) is 6.91. The van der Waals surface area contributed by atoms with Crippen LogP contribution in [0.5, 0.6) is 11.5 Å². The van der Waals surface area contributed by atoms with Crippen molar-refractivity contribution in [3.8, 4) is 11.5 Å². The minimum atomic E-state index is -3.63. The highest BCUT2D eigenvalue weighted by molar-refractivity contribution is 5.92. The maximum absolute atomic E-state index is 13.1. The number of carbonyl (C=O) groups excluding carboxylic acids is 1. The van der Waals surface area contributed by atoms with Crippen LogP contribution in [0.15, 0.2) is 24.3 Å². The van der Waals surface area contributed by atoms with Crippen molar-refractivity contribution < 1.29 is 27.8 Å². The van der Waals surface area contributed by atoms with E-state index in [4.69, 9.17) is 4.74 Å². The van der Waals surface area contributed by atoms with E-state index in [1.807, 2.05) is 4.90 Å². The number of halogens is 2. The Morgan fingerprint density at radius 3 is 2.52 bits per heavy atom. The zero-order valence-corrected chi connectivity index (χ0v) is 14.9. The minimum absolute atomic E-state index is 0.00587. The van der Waals surface area contributed by atoms with Crippen molar-refractivity contribution in [2.45, 2.75) is 25.2 Å². The normalized spacial score (nSPS) is 23.1. The number of nitrogens with zero attached hydrogens (tertiary/aromatic N) is 2. The number of benzene rings is 1. The van der Waals surface area contributed by atoms with Gasteiger partial charge in [-0.2, -0.15) is 0 Å². The second kappa shape index (κ2) is 7.44. The molecule has 2 fully saturated rings. The van der Waals surface area contributed by atoms with E-state index < -0.39 is 6.29 Å². The third-order valence-electron chi connectivity index (χ3n) is 5.18. The number of rotatable bonds is 3. The smallest absolute Gasteiger partial charge is 0.395 e. The molecule has 0 atom stereocenters. The summed E-state index contributed by atoms with van der Waals surface area (Å²) in [6, 6.07) is 4.97. The molecule has 0 radical (unpaired) electrons. The van der Waals surface area contributed by atoms with E-state index in [2.05, 4.69) is 14.4 Å². The van der Waals surface area contributed by atoms with Gasteiger partial charge in [-0.05, 0) is 36.6 Å². The molecule has 27 heavy (non-hydrogen) atoms. The van der Waals surface area contributed by atoms with E-state index in [0.717, 1.165) is 52.2 Å². The molecule has 1 aromatic carbocycles. The molecule has 1 amide bonds. The van der Waals surface area contributed by atoms with Crippen LogP contribution in [0.1, 0.15) is 18.4 Å². The molecule has 4 rings (SSSR count). The van der Waals surface area contributed by atoms with Crippen molar-refractivity contribution in [1.29, 1.82) is 0 Å². The van der Waals surface area contributed by atoms with E-state index in [-0.39, 0.29) is 17.4 Å². The van der Waals surface area contributed by atoms with Crippen molar-refractivity contribution in [3.63, 3.8) is 0 Å². The number of hydrogen-bond donors (Lipinski definition) is 0. The summed E-state index contributed by atoms with van der Waals surface area (Å²) in [5, 5.41) is 0. The molecule has 0 N–H and O–H groups in total. The highest BCUT2D eigenvalue weighted by Crippen LogP contribution is 2.41. The highest BCUT2D eigenvalue weighted by atomic mass is 19.3. The quantitative estimate of drug-likeness (QED) is 0.754. The number of likely N-dealkylation sites (tertiary alicyclic amines) is 1. The first-order chi connectivity index (χ1) is 13.0. The zero-order valence-electron chi connectivity index (χ0n) is 14.9. The summed E-state index contributed by atoms with van der Waals surface area (Å²) in [7, 11) is 0. The molecule has 6 nitrogen and oxygen atoms in total. The van der Waals surface area contributed by atoms with Gasteiger partial charge in [0.2, 0.25) is 5.91 Å². The molecule has 3 aliphatic heterocycles. The van der Waals surface area contributed by atoms with Gasteiger partial charge in [0.05, 0.1) is 13.2 Å². The summed E-state index contributed by atoms with van der Waals surface area (Å²) in [5.74, 6) is -0.104. The highest BCUT2D eigenvalue weighted by Gasteiger charge is 2.43. The van der Waals surface area contributed by atoms with Gasteiger partial charge in [0.15, 0.2) is 11.5 Å². The number of hydrogen-bond acceptors (Lipinski definition) is 5. The summed E-state index contributed by atoms with van der Waals surface area (Å²) in [6.07, 6.45) is 1.37. The largest absolute Gasteiger partial charge is 0.586 e. The van der Waals surface area contributed by atoms with Crippen LogP contribution in [0.4, 0.5) is 8.78 Å². The number of piperidine rings is 1. The summed E-state index contributed by atoms with van der Waals surface area (Å²) in [5.41, 5.74) is 0.603. The van der Waals surface area contributed by atoms with Crippen LogP contribution in [0.3, 0.4) is 0 Å². The molecule has 3 heterocycles. The third kappa shape index (κ3) is 4.22. The fraction of sp³-hybridized carbons (Fsp3) is 0.526. The lowest BCUT2D eigenvalue weighted by Crippen LogP contribution is -2.49. The third-order valence-corrected chi connectivity index (χ3v) is 5.18. The van der Waals surface area contributed by atoms with E-state index in [0.29, 0.717) is 11.6 Å². The van der Waals surface area contributed by atoms with Gasteiger partial charge in [-0.3, -0.25) is 9.69 Å². The molecular weight excluding hydrogens is 358 g/mol. The van der Waals surface area contributed by atoms with Crippen LogP contribution >= 0.6 is 0 Å². The lowest BCUT2D eigenvalue weighted by molar-refractivity contribution is -0.286. The fourth-order valence-corrected chi connectivity index (χ4v) is 3.74. The summed E-state index contributed by atoms with van der Waals surface area (Å²) >= 11 is 0. The first kappa shape index (κ1) is 18.2. The predicted octanol–water partition coefficient (Wildman–Crippen LogP) is 2.34. The van der Waals surface area contributed by atoms with Crippen LogP contribution in [-0.2, 0) is 9.53 Å². The van der Waals surface area contributed by atoms with Gasteiger partial charge >= 0.3 is 6.29 Å². The first-order valence-corrected chi connectivity index (χ1v) is 9.19. The van der Waals surface area contributed by atoms with Crippen LogP contribution in [0.25, 0.3) is 6.08 Å². The second-order valence-corrected chi connectivity index (χ2v) is 6.91. The maximum Gasteiger partial charge on any atom is 0.586 e. The summed E-state index contributed by atoms with van der Waals surface area (Å²) < 4.78 is 40.3. The average Bonchev–Trinajstić information content (AvgIpc) is 3.00. The molecule has 0 unspecified atom stereocenters. The fourth-order valence-electron chi connectivity index (χ4n) is 3.74. The molecule has 0 bridgehead atoms. The van der Waals surface area contributed by atoms with Gasteiger partial charge in [-0.25, -0.2) is 0 Å². The molecule has 8 heteroatoms. The molecule has 3 aliphatic rings. The van der Waals surface area contributed by atoms with Crippen LogP contribution in [-0.4, -0.2) is 67.4 Å². The van der Waals surface area contributed by atoms with Crippen LogP contribution in [0.2, 0.25) is 0 Å². The van der Waals surface area contributed by atoms with Gasteiger partial charge < -0.3 is 19.1 Å². The van der Waals surface area contributed by atoms with E-state index in [1.165, 1.54) is 18.2 Å². The maximum atomic E-state index is 13.1. The van der Waals surface area contributed by atoms with Crippen LogP contribution in [0, 0.1) is 0 Å². The van der Waals surface area contributed by atoms with Gasteiger partial charge in [0, 0.05) is 38.3 Å². The van der Waals surface area contributed by atoms with Crippen molar-refractivity contribution in [3.05, 3.63) is 29.8 Å².